The summed E-state index contributed by atoms with van der Waals surface area (Å²) < 4.78 is 0. The van der Waals surface area contributed by atoms with Gasteiger partial charge in [-0.1, -0.05) is 0 Å². The molecule has 0 aliphatic heterocycles. The van der Waals surface area contributed by atoms with Crippen molar-refractivity contribution in [1.29, 1.82) is 0 Å². The monoisotopic (exact) mass is 205 g/mol. The SMILES string of the molecule is CC(C)(O)Cc1c[nH]c2ccc(O)cc12. The van der Waals surface area contributed by atoms with E-state index in [2.05, 4.69) is 4.98 Å². The molecule has 0 aliphatic carbocycles. The third kappa shape index (κ3) is 2.13. The predicted molar refractivity (Wildman–Crippen MR) is 60.0 cm³/mol. The summed E-state index contributed by atoms with van der Waals surface area (Å²) in [7, 11) is 0. The van der Waals surface area contributed by atoms with Crippen LogP contribution in [-0.2, 0) is 6.42 Å². The van der Waals surface area contributed by atoms with Crippen LogP contribution in [0.4, 0.5) is 0 Å². The van der Waals surface area contributed by atoms with Crippen LogP contribution in [0, 0.1) is 0 Å². The highest BCUT2D eigenvalue weighted by Crippen LogP contribution is 2.25. The minimum absolute atomic E-state index is 0.249. The molecule has 3 heteroatoms. The lowest BCUT2D eigenvalue weighted by Crippen LogP contribution is -2.21. The maximum atomic E-state index is 9.74. The molecule has 0 saturated carbocycles. The van der Waals surface area contributed by atoms with Gasteiger partial charge >= 0.3 is 0 Å². The maximum absolute atomic E-state index is 9.74. The summed E-state index contributed by atoms with van der Waals surface area (Å²) in [4.78, 5) is 3.12. The van der Waals surface area contributed by atoms with Crippen molar-refractivity contribution in [2.75, 3.05) is 0 Å². The lowest BCUT2D eigenvalue weighted by Gasteiger charge is -2.16. The third-order valence-corrected chi connectivity index (χ3v) is 2.37. The number of rotatable bonds is 2. The number of H-pyrrole nitrogens is 1. The van der Waals surface area contributed by atoms with Crippen molar-refractivity contribution >= 4 is 10.9 Å². The summed E-state index contributed by atoms with van der Waals surface area (Å²) in [5.41, 5.74) is 1.26. The Morgan fingerprint density at radius 1 is 1.33 bits per heavy atom. The van der Waals surface area contributed by atoms with Crippen LogP contribution in [0.5, 0.6) is 5.75 Å². The molecule has 0 saturated heterocycles. The predicted octanol–water partition coefficient (Wildman–Crippen LogP) is 2.19. The molecule has 0 radical (unpaired) electrons. The van der Waals surface area contributed by atoms with Crippen molar-refractivity contribution in [1.82, 2.24) is 4.98 Å². The molecule has 3 N–H and O–H groups in total. The third-order valence-electron chi connectivity index (χ3n) is 2.37. The van der Waals surface area contributed by atoms with Gasteiger partial charge in [0.1, 0.15) is 5.75 Å². The zero-order valence-electron chi connectivity index (χ0n) is 8.91. The first kappa shape index (κ1) is 10.1. The zero-order valence-corrected chi connectivity index (χ0v) is 8.91. The number of hydrogen-bond donors (Lipinski definition) is 3. The number of aromatic amines is 1. The van der Waals surface area contributed by atoms with Gasteiger partial charge in [0.15, 0.2) is 0 Å². The van der Waals surface area contributed by atoms with Gasteiger partial charge in [0.2, 0.25) is 0 Å². The first-order valence-corrected chi connectivity index (χ1v) is 4.97. The van der Waals surface area contributed by atoms with E-state index in [0.717, 1.165) is 16.5 Å². The molecule has 15 heavy (non-hydrogen) atoms. The van der Waals surface area contributed by atoms with Gasteiger partial charge in [-0.2, -0.15) is 0 Å². The molecule has 1 heterocycles. The van der Waals surface area contributed by atoms with Crippen LogP contribution in [0.15, 0.2) is 24.4 Å². The van der Waals surface area contributed by atoms with E-state index in [9.17, 15) is 10.2 Å². The summed E-state index contributed by atoms with van der Waals surface area (Å²) in [6, 6.07) is 5.19. The van der Waals surface area contributed by atoms with Crippen molar-refractivity contribution in [3.8, 4) is 5.75 Å². The van der Waals surface area contributed by atoms with Crippen molar-refractivity contribution in [2.24, 2.45) is 0 Å². The Labute approximate surface area is 88.4 Å². The summed E-state index contributed by atoms with van der Waals surface area (Å²) in [5, 5.41) is 20.1. The lowest BCUT2D eigenvalue weighted by molar-refractivity contribution is 0.0813. The second-order valence-electron chi connectivity index (χ2n) is 4.53. The number of aliphatic hydroxyl groups is 1. The van der Waals surface area contributed by atoms with Gasteiger partial charge in [0.05, 0.1) is 5.60 Å². The number of aromatic nitrogens is 1. The molecule has 1 aromatic carbocycles. The average Bonchev–Trinajstić information content (AvgIpc) is 2.46. The Morgan fingerprint density at radius 2 is 2.07 bits per heavy atom. The van der Waals surface area contributed by atoms with E-state index in [1.54, 1.807) is 26.0 Å². The minimum Gasteiger partial charge on any atom is -0.508 e. The van der Waals surface area contributed by atoms with E-state index < -0.39 is 5.60 Å². The van der Waals surface area contributed by atoms with Crippen LogP contribution in [-0.4, -0.2) is 20.8 Å². The molecule has 3 nitrogen and oxygen atoms in total. The summed E-state index contributed by atoms with van der Waals surface area (Å²) in [6.07, 6.45) is 2.44. The van der Waals surface area contributed by atoms with Crippen LogP contribution < -0.4 is 0 Å². The maximum Gasteiger partial charge on any atom is 0.116 e. The Morgan fingerprint density at radius 3 is 2.73 bits per heavy atom. The van der Waals surface area contributed by atoms with Gasteiger partial charge < -0.3 is 15.2 Å². The standard InChI is InChI=1S/C12H15NO2/c1-12(2,15)6-8-7-13-11-4-3-9(14)5-10(8)11/h3-5,7,13-15H,6H2,1-2H3. The largest absolute Gasteiger partial charge is 0.508 e. The molecule has 0 atom stereocenters. The number of aromatic hydroxyl groups is 1. The highest BCUT2D eigenvalue weighted by molar-refractivity contribution is 5.84. The normalized spacial score (nSPS) is 12.2. The molecule has 2 rings (SSSR count). The van der Waals surface area contributed by atoms with E-state index in [1.807, 2.05) is 12.3 Å². The molecular formula is C12H15NO2. The zero-order chi connectivity index (χ0) is 11.1. The fourth-order valence-electron chi connectivity index (χ4n) is 1.78. The van der Waals surface area contributed by atoms with Gasteiger partial charge in [-0.25, -0.2) is 0 Å². The first-order valence-electron chi connectivity index (χ1n) is 4.97. The van der Waals surface area contributed by atoms with E-state index in [1.165, 1.54) is 0 Å². The van der Waals surface area contributed by atoms with Crippen LogP contribution in [0.25, 0.3) is 10.9 Å². The molecule has 0 spiro atoms. The molecule has 0 bridgehead atoms. The van der Waals surface area contributed by atoms with E-state index in [4.69, 9.17) is 0 Å². The summed E-state index contributed by atoms with van der Waals surface area (Å²) in [5.74, 6) is 0.249. The number of nitrogens with one attached hydrogen (secondary N) is 1. The molecule has 2 aromatic rings. The van der Waals surface area contributed by atoms with E-state index >= 15 is 0 Å². The smallest absolute Gasteiger partial charge is 0.116 e. The van der Waals surface area contributed by atoms with Crippen molar-refractivity contribution < 1.29 is 10.2 Å². The molecule has 0 aliphatic rings. The molecule has 0 fully saturated rings. The summed E-state index contributed by atoms with van der Waals surface area (Å²) >= 11 is 0. The molecule has 1 aromatic heterocycles. The quantitative estimate of drug-likeness (QED) is 0.703. The van der Waals surface area contributed by atoms with Crippen LogP contribution in [0.2, 0.25) is 0 Å². The summed E-state index contributed by atoms with van der Waals surface area (Å²) in [6.45, 7) is 3.54. The fourth-order valence-corrected chi connectivity index (χ4v) is 1.78. The van der Waals surface area contributed by atoms with Gasteiger partial charge in [-0.3, -0.25) is 0 Å². The Kier molecular flexibility index (Phi) is 2.20. The van der Waals surface area contributed by atoms with Gasteiger partial charge in [-0.05, 0) is 37.6 Å². The van der Waals surface area contributed by atoms with Crippen LogP contribution in [0.1, 0.15) is 19.4 Å². The minimum atomic E-state index is -0.736. The Balaban J connectivity index is 2.48. The van der Waals surface area contributed by atoms with E-state index in [0.29, 0.717) is 6.42 Å². The van der Waals surface area contributed by atoms with E-state index in [-0.39, 0.29) is 5.75 Å². The molecule has 0 amide bonds. The highest BCUT2D eigenvalue weighted by Gasteiger charge is 2.16. The fraction of sp³-hybridized carbons (Fsp3) is 0.333. The number of hydrogen-bond acceptors (Lipinski definition) is 2. The molecule has 80 valence electrons. The van der Waals surface area contributed by atoms with Gasteiger partial charge in [0, 0.05) is 23.5 Å². The second-order valence-corrected chi connectivity index (χ2v) is 4.53. The molecular weight excluding hydrogens is 190 g/mol. The van der Waals surface area contributed by atoms with Gasteiger partial charge in [-0.15, -0.1) is 0 Å². The van der Waals surface area contributed by atoms with Crippen molar-refractivity contribution in [3.05, 3.63) is 30.0 Å². The first-order chi connectivity index (χ1) is 6.96. The van der Waals surface area contributed by atoms with Crippen molar-refractivity contribution in [3.63, 3.8) is 0 Å². The van der Waals surface area contributed by atoms with Crippen LogP contribution in [0.3, 0.4) is 0 Å². The number of phenols is 1. The molecule has 0 unspecified atom stereocenters. The lowest BCUT2D eigenvalue weighted by atomic mass is 9.98. The van der Waals surface area contributed by atoms with Crippen molar-refractivity contribution in [2.45, 2.75) is 25.9 Å². The highest BCUT2D eigenvalue weighted by atomic mass is 16.3. The average molecular weight is 205 g/mol. The Bertz CT molecular complexity index is 480. The number of benzene rings is 1. The van der Waals surface area contributed by atoms with Crippen LogP contribution >= 0.6 is 0 Å². The van der Waals surface area contributed by atoms with Gasteiger partial charge in [0.25, 0.3) is 0 Å². The number of fused-ring (bicyclic) bond motifs is 1. The topological polar surface area (TPSA) is 56.2 Å². The second kappa shape index (κ2) is 3.28. The number of phenolic OH excluding ortho intramolecular Hbond substituents is 1. The Hall–Kier alpha value is -1.48.